The van der Waals surface area contributed by atoms with Crippen molar-refractivity contribution in [3.05, 3.63) is 29.8 Å². The van der Waals surface area contributed by atoms with E-state index in [9.17, 15) is 8.42 Å². The molecule has 23 heavy (non-hydrogen) atoms. The molecule has 5 nitrogen and oxygen atoms in total. The number of benzene rings is 1. The number of ether oxygens (including phenoxy) is 2. The van der Waals surface area contributed by atoms with Gasteiger partial charge in [0.05, 0.1) is 25.6 Å². The molecule has 130 valence electrons. The molecule has 0 N–H and O–H groups in total. The van der Waals surface area contributed by atoms with Crippen LogP contribution in [0.25, 0.3) is 0 Å². The van der Waals surface area contributed by atoms with Crippen LogP contribution in [-0.2, 0) is 14.8 Å². The van der Waals surface area contributed by atoms with E-state index >= 15 is 0 Å². The summed E-state index contributed by atoms with van der Waals surface area (Å²) in [6.45, 7) is 4.05. The topological polar surface area (TPSA) is 55.8 Å². The first-order chi connectivity index (χ1) is 10.8. The Morgan fingerprint density at radius 3 is 2.61 bits per heavy atom. The fourth-order valence-corrected chi connectivity index (χ4v) is 4.03. The fourth-order valence-electron chi connectivity index (χ4n) is 2.81. The molecule has 0 amide bonds. The number of sulfonamides is 1. The predicted octanol–water partition coefficient (Wildman–Crippen LogP) is 2.63. The van der Waals surface area contributed by atoms with Crippen molar-refractivity contribution in [2.75, 3.05) is 26.5 Å². The molecule has 2 rings (SSSR count). The standard InChI is InChI=1S/C17H27NO4S/c1-13(2)22-8-9-23(19,20)18(3)16-10-15(11-16)14-6-5-7-17(12-14)21-4/h5-7,12-13,15-16H,8-11H2,1-4H3. The molecular formula is C17H27NO4S. The second kappa shape index (κ2) is 7.64. The highest BCUT2D eigenvalue weighted by atomic mass is 32.2. The zero-order chi connectivity index (χ0) is 17.0. The highest BCUT2D eigenvalue weighted by molar-refractivity contribution is 7.89. The smallest absolute Gasteiger partial charge is 0.216 e. The normalized spacial score (nSPS) is 21.5. The molecule has 1 aromatic carbocycles. The minimum atomic E-state index is -3.25. The van der Waals surface area contributed by atoms with Crippen LogP contribution in [0.15, 0.2) is 24.3 Å². The minimum absolute atomic E-state index is 0.0437. The molecule has 0 spiro atoms. The van der Waals surface area contributed by atoms with Crippen molar-refractivity contribution in [3.8, 4) is 5.75 Å². The van der Waals surface area contributed by atoms with Gasteiger partial charge in [-0.15, -0.1) is 0 Å². The predicted molar refractivity (Wildman–Crippen MR) is 91.4 cm³/mol. The summed E-state index contributed by atoms with van der Waals surface area (Å²) in [6, 6.07) is 8.09. The first-order valence-electron chi connectivity index (χ1n) is 8.04. The van der Waals surface area contributed by atoms with E-state index < -0.39 is 10.0 Å². The zero-order valence-corrected chi connectivity index (χ0v) is 15.2. The first kappa shape index (κ1) is 18.2. The maximum atomic E-state index is 12.3. The molecule has 1 aliphatic rings. The molecule has 1 aliphatic carbocycles. The van der Waals surface area contributed by atoms with Crippen LogP contribution in [-0.4, -0.2) is 51.4 Å². The Morgan fingerprint density at radius 1 is 1.30 bits per heavy atom. The molecule has 1 aromatic rings. The minimum Gasteiger partial charge on any atom is -0.497 e. The Balaban J connectivity index is 1.87. The highest BCUT2D eigenvalue weighted by Crippen LogP contribution is 2.41. The molecule has 0 aliphatic heterocycles. The maximum absolute atomic E-state index is 12.3. The van der Waals surface area contributed by atoms with Crippen molar-refractivity contribution < 1.29 is 17.9 Å². The van der Waals surface area contributed by atoms with E-state index in [-0.39, 0.29) is 24.5 Å². The molecule has 0 heterocycles. The van der Waals surface area contributed by atoms with Gasteiger partial charge in [0.1, 0.15) is 5.75 Å². The van der Waals surface area contributed by atoms with E-state index in [1.165, 1.54) is 9.87 Å². The Bertz CT molecular complexity index is 609. The van der Waals surface area contributed by atoms with Gasteiger partial charge in [0.25, 0.3) is 0 Å². The lowest BCUT2D eigenvalue weighted by Crippen LogP contribution is -2.46. The quantitative estimate of drug-likeness (QED) is 0.729. The molecule has 0 bridgehead atoms. The van der Waals surface area contributed by atoms with E-state index in [2.05, 4.69) is 6.07 Å². The third kappa shape index (κ3) is 4.68. The summed E-state index contributed by atoms with van der Waals surface area (Å²) in [4.78, 5) is 0. The summed E-state index contributed by atoms with van der Waals surface area (Å²) in [7, 11) is 0.0819. The lowest BCUT2D eigenvalue weighted by Gasteiger charge is -2.40. The van der Waals surface area contributed by atoms with Crippen molar-refractivity contribution >= 4 is 10.0 Å². The Labute approximate surface area is 139 Å². The van der Waals surface area contributed by atoms with E-state index in [0.29, 0.717) is 5.92 Å². The van der Waals surface area contributed by atoms with Gasteiger partial charge in [-0.25, -0.2) is 12.7 Å². The Kier molecular flexibility index (Phi) is 6.06. The Morgan fingerprint density at radius 2 is 2.00 bits per heavy atom. The van der Waals surface area contributed by atoms with E-state index in [0.717, 1.165) is 18.6 Å². The van der Waals surface area contributed by atoms with Crippen molar-refractivity contribution in [3.63, 3.8) is 0 Å². The van der Waals surface area contributed by atoms with Gasteiger partial charge in [0.15, 0.2) is 0 Å². The van der Waals surface area contributed by atoms with Crippen LogP contribution in [0, 0.1) is 0 Å². The van der Waals surface area contributed by atoms with Gasteiger partial charge >= 0.3 is 0 Å². The summed E-state index contributed by atoms with van der Waals surface area (Å²) in [5.41, 5.74) is 1.22. The summed E-state index contributed by atoms with van der Waals surface area (Å²) < 4.78 is 36.8. The van der Waals surface area contributed by atoms with Crippen LogP contribution < -0.4 is 4.74 Å². The molecule has 0 saturated heterocycles. The summed E-state index contributed by atoms with van der Waals surface area (Å²) in [5, 5.41) is 0. The van der Waals surface area contributed by atoms with Crippen LogP contribution in [0.1, 0.15) is 38.2 Å². The zero-order valence-electron chi connectivity index (χ0n) is 14.4. The highest BCUT2D eigenvalue weighted by Gasteiger charge is 2.37. The largest absolute Gasteiger partial charge is 0.497 e. The van der Waals surface area contributed by atoms with E-state index in [1.807, 2.05) is 32.0 Å². The summed E-state index contributed by atoms with van der Waals surface area (Å²) >= 11 is 0. The van der Waals surface area contributed by atoms with Gasteiger partial charge in [0, 0.05) is 13.1 Å². The molecular weight excluding hydrogens is 314 g/mol. The second-order valence-electron chi connectivity index (χ2n) is 6.35. The second-order valence-corrected chi connectivity index (χ2v) is 8.50. The van der Waals surface area contributed by atoms with Gasteiger partial charge in [-0.1, -0.05) is 12.1 Å². The number of hydrogen-bond donors (Lipinski definition) is 0. The molecule has 0 radical (unpaired) electrons. The van der Waals surface area contributed by atoms with Crippen molar-refractivity contribution in [1.82, 2.24) is 4.31 Å². The Hall–Kier alpha value is -1.11. The van der Waals surface area contributed by atoms with E-state index in [4.69, 9.17) is 9.47 Å². The van der Waals surface area contributed by atoms with Crippen molar-refractivity contribution in [1.29, 1.82) is 0 Å². The van der Waals surface area contributed by atoms with Crippen molar-refractivity contribution in [2.45, 2.75) is 44.8 Å². The average Bonchev–Trinajstić information content (AvgIpc) is 2.45. The monoisotopic (exact) mass is 341 g/mol. The van der Waals surface area contributed by atoms with Gasteiger partial charge in [-0.3, -0.25) is 0 Å². The van der Waals surface area contributed by atoms with Gasteiger partial charge in [0.2, 0.25) is 10.0 Å². The molecule has 0 atom stereocenters. The SMILES string of the molecule is COc1cccc(C2CC(N(C)S(=O)(=O)CCOC(C)C)C2)c1. The number of hydrogen-bond acceptors (Lipinski definition) is 4. The number of rotatable bonds is 8. The molecule has 0 aromatic heterocycles. The van der Waals surface area contributed by atoms with Crippen LogP contribution in [0.5, 0.6) is 5.75 Å². The van der Waals surface area contributed by atoms with Crippen LogP contribution >= 0.6 is 0 Å². The third-order valence-corrected chi connectivity index (χ3v) is 6.28. The lowest BCUT2D eigenvalue weighted by molar-refractivity contribution is 0.0902. The molecule has 6 heteroatoms. The van der Waals surface area contributed by atoms with Crippen LogP contribution in [0.2, 0.25) is 0 Å². The van der Waals surface area contributed by atoms with Crippen molar-refractivity contribution in [2.24, 2.45) is 0 Å². The van der Waals surface area contributed by atoms with Crippen LogP contribution in [0.3, 0.4) is 0 Å². The van der Waals surface area contributed by atoms with Gasteiger partial charge < -0.3 is 9.47 Å². The molecule has 1 saturated carbocycles. The maximum Gasteiger partial charge on any atom is 0.216 e. The lowest BCUT2D eigenvalue weighted by atomic mass is 9.76. The summed E-state index contributed by atoms with van der Waals surface area (Å²) in [5.74, 6) is 1.29. The van der Waals surface area contributed by atoms with E-state index in [1.54, 1.807) is 14.2 Å². The molecule has 1 fully saturated rings. The number of methoxy groups -OCH3 is 1. The van der Waals surface area contributed by atoms with Gasteiger partial charge in [-0.05, 0) is 50.3 Å². The van der Waals surface area contributed by atoms with Gasteiger partial charge in [-0.2, -0.15) is 0 Å². The fraction of sp³-hybridized carbons (Fsp3) is 0.647. The summed E-state index contributed by atoms with van der Waals surface area (Å²) in [6.07, 6.45) is 1.76. The van der Waals surface area contributed by atoms with Crippen LogP contribution in [0.4, 0.5) is 0 Å². The average molecular weight is 341 g/mol. The third-order valence-electron chi connectivity index (χ3n) is 4.42. The number of nitrogens with zero attached hydrogens (tertiary/aromatic N) is 1. The first-order valence-corrected chi connectivity index (χ1v) is 9.65. The molecule has 0 unspecified atom stereocenters.